The highest BCUT2D eigenvalue weighted by Gasteiger charge is 2.23. The molecule has 2 N–H and O–H groups in total. The first-order valence-corrected chi connectivity index (χ1v) is 5.03. The number of hydrogen-bond donors (Lipinski definition) is 2. The van der Waals surface area contributed by atoms with E-state index in [1.165, 1.54) is 0 Å². The summed E-state index contributed by atoms with van der Waals surface area (Å²) in [7, 11) is 0. The molecule has 0 saturated carbocycles. The fourth-order valence-corrected chi connectivity index (χ4v) is 1.47. The van der Waals surface area contributed by atoms with E-state index in [-0.39, 0.29) is 12.5 Å². The van der Waals surface area contributed by atoms with Crippen molar-refractivity contribution in [1.82, 2.24) is 5.32 Å². The zero-order valence-electron chi connectivity index (χ0n) is 8.88. The van der Waals surface area contributed by atoms with E-state index >= 15 is 0 Å². The summed E-state index contributed by atoms with van der Waals surface area (Å²) in [6, 6.07) is 0. The third kappa shape index (κ3) is 3.64. The number of nitrogens with one attached hydrogen (secondary N) is 1. The van der Waals surface area contributed by atoms with Gasteiger partial charge in [0.1, 0.15) is 0 Å². The van der Waals surface area contributed by atoms with E-state index < -0.39 is 5.54 Å². The zero-order valence-corrected chi connectivity index (χ0v) is 8.88. The molecule has 14 heavy (non-hydrogen) atoms. The van der Waals surface area contributed by atoms with Gasteiger partial charge in [0.15, 0.2) is 0 Å². The molecule has 1 atom stereocenters. The number of aliphatic hydroxyl groups is 1. The van der Waals surface area contributed by atoms with Crippen LogP contribution in [0.15, 0.2) is 0 Å². The summed E-state index contributed by atoms with van der Waals surface area (Å²) in [6.45, 7) is 5.01. The minimum Gasteiger partial charge on any atom is -0.394 e. The van der Waals surface area contributed by atoms with Crippen molar-refractivity contribution in [2.75, 3.05) is 19.8 Å². The van der Waals surface area contributed by atoms with E-state index in [0.29, 0.717) is 18.9 Å². The number of aliphatic hydroxyl groups excluding tert-OH is 1. The van der Waals surface area contributed by atoms with Gasteiger partial charge in [-0.15, -0.1) is 0 Å². The zero-order chi connectivity index (χ0) is 10.6. The minimum absolute atomic E-state index is 0.000417. The first kappa shape index (κ1) is 11.5. The highest BCUT2D eigenvalue weighted by Crippen LogP contribution is 2.16. The lowest BCUT2D eigenvalue weighted by Crippen LogP contribution is -2.46. The van der Waals surface area contributed by atoms with Crippen LogP contribution in [-0.4, -0.2) is 36.4 Å². The van der Waals surface area contributed by atoms with Crippen LogP contribution in [0.4, 0.5) is 0 Å². The summed E-state index contributed by atoms with van der Waals surface area (Å²) in [4.78, 5) is 11.5. The standard InChI is InChI=1S/C10H19NO3/c1-10(2,7-12)11-9(13)5-8-3-4-14-6-8/h8,12H,3-7H2,1-2H3,(H,11,13). The molecule has 1 aliphatic rings. The molecular formula is C10H19NO3. The van der Waals surface area contributed by atoms with Crippen molar-refractivity contribution in [2.24, 2.45) is 5.92 Å². The van der Waals surface area contributed by atoms with Crippen LogP contribution in [0.2, 0.25) is 0 Å². The van der Waals surface area contributed by atoms with Crippen LogP contribution in [0, 0.1) is 5.92 Å². The van der Waals surface area contributed by atoms with Gasteiger partial charge < -0.3 is 15.2 Å². The molecule has 0 aromatic carbocycles. The van der Waals surface area contributed by atoms with Crippen LogP contribution in [0.1, 0.15) is 26.7 Å². The maximum absolute atomic E-state index is 11.5. The van der Waals surface area contributed by atoms with E-state index in [1.807, 2.05) is 0 Å². The summed E-state index contributed by atoms with van der Waals surface area (Å²) in [5, 5.41) is 11.8. The molecular weight excluding hydrogens is 182 g/mol. The Morgan fingerprint density at radius 3 is 2.86 bits per heavy atom. The molecule has 1 unspecified atom stereocenters. The highest BCUT2D eigenvalue weighted by molar-refractivity contribution is 5.77. The molecule has 1 rings (SSSR count). The molecule has 4 heteroatoms. The summed E-state index contributed by atoms with van der Waals surface area (Å²) < 4.78 is 5.19. The number of ether oxygens (including phenoxy) is 1. The topological polar surface area (TPSA) is 58.6 Å². The van der Waals surface area contributed by atoms with Gasteiger partial charge in [0.2, 0.25) is 5.91 Å². The van der Waals surface area contributed by atoms with Gasteiger partial charge in [0.25, 0.3) is 0 Å². The van der Waals surface area contributed by atoms with Crippen LogP contribution in [0.5, 0.6) is 0 Å². The van der Waals surface area contributed by atoms with Crippen LogP contribution in [0.3, 0.4) is 0 Å². The average molecular weight is 201 g/mol. The highest BCUT2D eigenvalue weighted by atomic mass is 16.5. The first-order valence-electron chi connectivity index (χ1n) is 5.03. The van der Waals surface area contributed by atoms with Gasteiger partial charge in [-0.1, -0.05) is 0 Å². The van der Waals surface area contributed by atoms with Crippen LogP contribution in [0.25, 0.3) is 0 Å². The fourth-order valence-electron chi connectivity index (χ4n) is 1.47. The second-order valence-corrected chi connectivity index (χ2v) is 4.52. The molecule has 1 saturated heterocycles. The van der Waals surface area contributed by atoms with E-state index in [0.717, 1.165) is 13.0 Å². The monoisotopic (exact) mass is 201 g/mol. The molecule has 1 heterocycles. The maximum Gasteiger partial charge on any atom is 0.220 e. The predicted molar refractivity (Wildman–Crippen MR) is 52.9 cm³/mol. The quantitative estimate of drug-likeness (QED) is 0.687. The fraction of sp³-hybridized carbons (Fsp3) is 0.900. The smallest absolute Gasteiger partial charge is 0.220 e. The molecule has 0 aliphatic carbocycles. The maximum atomic E-state index is 11.5. The third-order valence-corrected chi connectivity index (χ3v) is 2.37. The lowest BCUT2D eigenvalue weighted by molar-refractivity contribution is -0.124. The molecule has 1 aliphatic heterocycles. The van der Waals surface area contributed by atoms with E-state index in [9.17, 15) is 4.79 Å². The Labute approximate surface area is 84.6 Å². The predicted octanol–water partition coefficient (Wildman–Crippen LogP) is 0.300. The number of hydrogen-bond acceptors (Lipinski definition) is 3. The number of amides is 1. The lowest BCUT2D eigenvalue weighted by Gasteiger charge is -2.24. The second-order valence-electron chi connectivity index (χ2n) is 4.52. The first-order chi connectivity index (χ1) is 6.53. The van der Waals surface area contributed by atoms with Crippen molar-refractivity contribution in [3.8, 4) is 0 Å². The van der Waals surface area contributed by atoms with E-state index in [4.69, 9.17) is 9.84 Å². The Balaban J connectivity index is 2.27. The van der Waals surface area contributed by atoms with Crippen molar-refractivity contribution in [3.63, 3.8) is 0 Å². The number of rotatable bonds is 4. The van der Waals surface area contributed by atoms with Crippen LogP contribution in [-0.2, 0) is 9.53 Å². The average Bonchev–Trinajstić information content (AvgIpc) is 2.55. The molecule has 0 bridgehead atoms. The Hall–Kier alpha value is -0.610. The Bertz CT molecular complexity index is 198. The lowest BCUT2D eigenvalue weighted by atomic mass is 10.0. The van der Waals surface area contributed by atoms with E-state index in [1.54, 1.807) is 13.8 Å². The van der Waals surface area contributed by atoms with Gasteiger partial charge >= 0.3 is 0 Å². The molecule has 0 aromatic rings. The number of carbonyl (C=O) groups is 1. The van der Waals surface area contributed by atoms with Crippen molar-refractivity contribution < 1.29 is 14.6 Å². The van der Waals surface area contributed by atoms with Crippen molar-refractivity contribution in [1.29, 1.82) is 0 Å². The Morgan fingerprint density at radius 2 is 2.36 bits per heavy atom. The third-order valence-electron chi connectivity index (χ3n) is 2.37. The van der Waals surface area contributed by atoms with Crippen molar-refractivity contribution in [2.45, 2.75) is 32.2 Å². The van der Waals surface area contributed by atoms with Crippen molar-refractivity contribution >= 4 is 5.91 Å². The Kier molecular flexibility index (Phi) is 3.89. The molecule has 1 amide bonds. The van der Waals surface area contributed by atoms with Gasteiger partial charge in [0, 0.05) is 19.6 Å². The van der Waals surface area contributed by atoms with Gasteiger partial charge in [-0.2, -0.15) is 0 Å². The molecule has 1 fully saturated rings. The molecule has 0 spiro atoms. The summed E-state index contributed by atoms with van der Waals surface area (Å²) in [5.74, 6) is 0.351. The van der Waals surface area contributed by atoms with Crippen LogP contribution < -0.4 is 5.32 Å². The van der Waals surface area contributed by atoms with Crippen LogP contribution >= 0.6 is 0 Å². The van der Waals surface area contributed by atoms with Gasteiger partial charge in [-0.05, 0) is 26.2 Å². The Morgan fingerprint density at radius 1 is 1.64 bits per heavy atom. The molecule has 82 valence electrons. The largest absolute Gasteiger partial charge is 0.394 e. The second kappa shape index (κ2) is 4.75. The normalized spacial score (nSPS) is 22.4. The van der Waals surface area contributed by atoms with Gasteiger partial charge in [0.05, 0.1) is 12.1 Å². The SMILES string of the molecule is CC(C)(CO)NC(=O)CC1CCOC1. The molecule has 0 radical (unpaired) electrons. The number of carbonyl (C=O) groups excluding carboxylic acids is 1. The summed E-state index contributed by atoms with van der Waals surface area (Å²) >= 11 is 0. The minimum atomic E-state index is -0.517. The summed E-state index contributed by atoms with van der Waals surface area (Å²) in [6.07, 6.45) is 1.47. The summed E-state index contributed by atoms with van der Waals surface area (Å²) in [5.41, 5.74) is -0.517. The van der Waals surface area contributed by atoms with E-state index in [2.05, 4.69) is 5.32 Å². The van der Waals surface area contributed by atoms with Gasteiger partial charge in [-0.3, -0.25) is 4.79 Å². The van der Waals surface area contributed by atoms with Crippen molar-refractivity contribution in [3.05, 3.63) is 0 Å². The molecule has 4 nitrogen and oxygen atoms in total. The van der Waals surface area contributed by atoms with Gasteiger partial charge in [-0.25, -0.2) is 0 Å². The molecule has 0 aromatic heterocycles.